The second kappa shape index (κ2) is 10.2. The third kappa shape index (κ3) is 6.15. The van der Waals surface area contributed by atoms with Crippen molar-refractivity contribution in [1.29, 1.82) is 0 Å². The van der Waals surface area contributed by atoms with Crippen molar-refractivity contribution in [2.75, 3.05) is 10.6 Å². The predicted molar refractivity (Wildman–Crippen MR) is 127 cm³/mol. The molecule has 2 amide bonds. The fourth-order valence-electron chi connectivity index (χ4n) is 2.95. The van der Waals surface area contributed by atoms with Crippen molar-refractivity contribution in [2.45, 2.75) is 6.61 Å². The molecule has 0 unspecified atom stereocenters. The van der Waals surface area contributed by atoms with E-state index in [1.54, 1.807) is 18.2 Å². The molecule has 4 aromatic rings. The number of hydrogen-bond acceptors (Lipinski definition) is 6. The zero-order valence-electron chi connectivity index (χ0n) is 16.9. The summed E-state index contributed by atoms with van der Waals surface area (Å²) in [4.78, 5) is 25.0. The number of ether oxygens (including phenoxy) is 1. The largest absolute Gasteiger partial charge is 0.444 e. The molecule has 3 N–H and O–H groups in total. The molecule has 166 valence electrons. The number of benzene rings is 3. The van der Waals surface area contributed by atoms with Crippen molar-refractivity contribution in [2.24, 2.45) is 0 Å². The van der Waals surface area contributed by atoms with Crippen LogP contribution in [0.2, 0.25) is 5.02 Å². The molecule has 0 aliphatic carbocycles. The fraction of sp³-hybridized carbons (Fsp3) is 0.0455. The summed E-state index contributed by atoms with van der Waals surface area (Å²) in [5.41, 5.74) is 2.59. The van der Waals surface area contributed by atoms with E-state index in [1.165, 1.54) is 18.2 Å². The lowest BCUT2D eigenvalue weighted by atomic mass is 10.1. The Morgan fingerprint density at radius 1 is 1.00 bits per heavy atom. The van der Waals surface area contributed by atoms with Gasteiger partial charge in [0.2, 0.25) is 5.82 Å². The first-order valence-corrected chi connectivity index (χ1v) is 10.8. The van der Waals surface area contributed by atoms with E-state index >= 15 is 0 Å². The summed E-state index contributed by atoms with van der Waals surface area (Å²) < 4.78 is 5.93. The van der Waals surface area contributed by atoms with Crippen LogP contribution in [0.4, 0.5) is 16.2 Å². The van der Waals surface area contributed by atoms with Crippen LogP contribution in [0, 0.1) is 0 Å². The number of nitrogens with one attached hydrogen (secondary N) is 3. The first kappa shape index (κ1) is 22.4. The number of aromatic nitrogens is 4. The van der Waals surface area contributed by atoms with Gasteiger partial charge in [0.15, 0.2) is 0 Å². The Balaban J connectivity index is 1.45. The monoisotopic (exact) mass is 526 g/mol. The van der Waals surface area contributed by atoms with Gasteiger partial charge >= 0.3 is 6.09 Å². The van der Waals surface area contributed by atoms with E-state index in [4.69, 9.17) is 16.3 Å². The number of halogens is 2. The molecule has 11 heteroatoms. The van der Waals surface area contributed by atoms with Crippen LogP contribution >= 0.6 is 27.5 Å². The minimum absolute atomic E-state index is 0.117. The molecule has 0 radical (unpaired) electrons. The minimum Gasteiger partial charge on any atom is -0.444 e. The van der Waals surface area contributed by atoms with Gasteiger partial charge in [0, 0.05) is 32.0 Å². The summed E-state index contributed by atoms with van der Waals surface area (Å²) >= 11 is 9.57. The molecule has 0 bridgehead atoms. The molecule has 1 aromatic heterocycles. The SMILES string of the molecule is O=C(Nc1cc(Cl)cc(C(=O)Nc2cc(Br)cc(-c3nn[nH]n3)c2)c1)OCc1ccccc1. The predicted octanol–water partition coefficient (Wildman–Crippen LogP) is 5.28. The van der Waals surface area contributed by atoms with Crippen molar-refractivity contribution in [1.82, 2.24) is 20.6 Å². The number of anilines is 2. The summed E-state index contributed by atoms with van der Waals surface area (Å²) in [6, 6.07) is 19.0. The molecule has 4 rings (SSSR count). The first-order chi connectivity index (χ1) is 16.0. The van der Waals surface area contributed by atoms with Crippen LogP contribution in [0.5, 0.6) is 0 Å². The average molecular weight is 528 g/mol. The minimum atomic E-state index is -0.663. The van der Waals surface area contributed by atoms with E-state index in [0.29, 0.717) is 22.8 Å². The zero-order valence-corrected chi connectivity index (χ0v) is 19.2. The Bertz CT molecular complexity index is 1280. The van der Waals surface area contributed by atoms with Gasteiger partial charge in [-0.05, 0) is 47.2 Å². The lowest BCUT2D eigenvalue weighted by Crippen LogP contribution is -2.15. The second-order valence-corrected chi connectivity index (χ2v) is 8.19. The highest BCUT2D eigenvalue weighted by molar-refractivity contribution is 9.10. The van der Waals surface area contributed by atoms with Gasteiger partial charge in [0.1, 0.15) is 6.61 Å². The van der Waals surface area contributed by atoms with Gasteiger partial charge < -0.3 is 10.1 Å². The summed E-state index contributed by atoms with van der Waals surface area (Å²) in [5.74, 6) is -0.0366. The maximum Gasteiger partial charge on any atom is 0.411 e. The average Bonchev–Trinajstić information content (AvgIpc) is 3.33. The maximum absolute atomic E-state index is 12.8. The lowest BCUT2D eigenvalue weighted by Gasteiger charge is -2.11. The number of aromatic amines is 1. The zero-order chi connectivity index (χ0) is 23.2. The standard InChI is InChI=1S/C22H16BrClN6O3/c23-16-6-14(20-27-29-30-28-20)8-18(10-16)25-21(31)15-7-17(24)11-19(9-15)26-22(32)33-12-13-4-2-1-3-5-13/h1-11H,12H2,(H,25,31)(H,26,32)(H,27,28,29,30). The van der Waals surface area contributed by atoms with Gasteiger partial charge in [0.25, 0.3) is 5.91 Å². The van der Waals surface area contributed by atoms with Crippen LogP contribution in [0.15, 0.2) is 71.2 Å². The van der Waals surface area contributed by atoms with Crippen molar-refractivity contribution in [3.63, 3.8) is 0 Å². The fourth-order valence-corrected chi connectivity index (χ4v) is 3.68. The van der Waals surface area contributed by atoms with Crippen LogP contribution in [-0.4, -0.2) is 32.6 Å². The third-order valence-electron chi connectivity index (χ3n) is 4.38. The molecule has 0 saturated heterocycles. The molecule has 0 fully saturated rings. The number of carbonyl (C=O) groups is 2. The summed E-state index contributed by atoms with van der Waals surface area (Å²) in [5, 5.41) is 19.5. The van der Waals surface area contributed by atoms with E-state index in [1.807, 2.05) is 30.3 Å². The summed E-state index contributed by atoms with van der Waals surface area (Å²) in [6.45, 7) is 0.117. The van der Waals surface area contributed by atoms with E-state index in [0.717, 1.165) is 10.0 Å². The molecule has 3 aromatic carbocycles. The van der Waals surface area contributed by atoms with Crippen molar-refractivity contribution >= 4 is 50.9 Å². The normalized spacial score (nSPS) is 10.5. The Morgan fingerprint density at radius 3 is 2.55 bits per heavy atom. The highest BCUT2D eigenvalue weighted by Crippen LogP contribution is 2.26. The number of H-pyrrole nitrogens is 1. The van der Waals surface area contributed by atoms with Crippen LogP contribution < -0.4 is 10.6 Å². The number of hydrogen-bond donors (Lipinski definition) is 3. The molecular weight excluding hydrogens is 512 g/mol. The number of nitrogens with zero attached hydrogens (tertiary/aromatic N) is 3. The lowest BCUT2D eigenvalue weighted by molar-refractivity contribution is 0.102. The molecule has 33 heavy (non-hydrogen) atoms. The molecular formula is C22H16BrClN6O3. The van der Waals surface area contributed by atoms with Gasteiger partial charge in [0.05, 0.1) is 0 Å². The van der Waals surface area contributed by atoms with Gasteiger partial charge in [-0.25, -0.2) is 4.79 Å². The highest BCUT2D eigenvalue weighted by Gasteiger charge is 2.13. The number of carbonyl (C=O) groups excluding carboxylic acids is 2. The van der Waals surface area contributed by atoms with E-state index in [9.17, 15) is 9.59 Å². The highest BCUT2D eigenvalue weighted by atomic mass is 79.9. The van der Waals surface area contributed by atoms with E-state index in [2.05, 4.69) is 47.2 Å². The summed E-state index contributed by atoms with van der Waals surface area (Å²) in [6.07, 6.45) is -0.663. The molecule has 0 spiro atoms. The second-order valence-electron chi connectivity index (χ2n) is 6.83. The van der Waals surface area contributed by atoms with E-state index in [-0.39, 0.29) is 17.2 Å². The van der Waals surface area contributed by atoms with E-state index < -0.39 is 12.0 Å². The number of rotatable bonds is 6. The Kier molecular flexibility index (Phi) is 6.96. The molecule has 0 aliphatic rings. The van der Waals surface area contributed by atoms with Crippen LogP contribution in [0.1, 0.15) is 15.9 Å². The van der Waals surface area contributed by atoms with Gasteiger partial charge in [-0.1, -0.05) is 57.9 Å². The van der Waals surface area contributed by atoms with Crippen molar-refractivity contribution in [3.05, 3.63) is 87.4 Å². The Labute approximate surface area is 201 Å². The maximum atomic E-state index is 12.8. The Morgan fingerprint density at radius 2 is 1.79 bits per heavy atom. The van der Waals surface area contributed by atoms with Gasteiger partial charge in [-0.15, -0.1) is 10.2 Å². The smallest absolute Gasteiger partial charge is 0.411 e. The molecule has 0 atom stereocenters. The number of tetrazole rings is 1. The Hall–Kier alpha value is -3.76. The van der Waals surface area contributed by atoms with Crippen molar-refractivity contribution < 1.29 is 14.3 Å². The molecule has 1 heterocycles. The van der Waals surface area contributed by atoms with Gasteiger partial charge in [-0.3, -0.25) is 10.1 Å². The summed E-state index contributed by atoms with van der Waals surface area (Å²) in [7, 11) is 0. The molecule has 0 aliphatic heterocycles. The quantitative estimate of drug-likeness (QED) is 0.313. The number of amides is 2. The van der Waals surface area contributed by atoms with Crippen LogP contribution in [0.25, 0.3) is 11.4 Å². The third-order valence-corrected chi connectivity index (χ3v) is 5.05. The first-order valence-electron chi connectivity index (χ1n) is 9.60. The molecule has 0 saturated carbocycles. The van der Waals surface area contributed by atoms with Gasteiger partial charge in [-0.2, -0.15) is 5.21 Å². The molecule has 9 nitrogen and oxygen atoms in total. The topological polar surface area (TPSA) is 122 Å². The van der Waals surface area contributed by atoms with Crippen molar-refractivity contribution in [3.8, 4) is 11.4 Å². The van der Waals surface area contributed by atoms with Crippen LogP contribution in [-0.2, 0) is 11.3 Å². The van der Waals surface area contributed by atoms with Crippen LogP contribution in [0.3, 0.4) is 0 Å².